The lowest BCUT2D eigenvalue weighted by Crippen LogP contribution is -2.40. The summed E-state index contributed by atoms with van der Waals surface area (Å²) in [5, 5.41) is 6.51. The number of aryl methyl sites for hydroxylation is 2. The van der Waals surface area contributed by atoms with Crippen LogP contribution in [0.15, 0.2) is 40.9 Å². The molecule has 0 saturated carbocycles. The fourth-order valence-corrected chi connectivity index (χ4v) is 2.38. The Morgan fingerprint density at radius 1 is 1.30 bits per heavy atom. The zero-order valence-electron chi connectivity index (χ0n) is 14.1. The minimum Gasteiger partial charge on any atom is -0.338 e. The Labute approximate surface area is 137 Å². The Morgan fingerprint density at radius 2 is 2.04 bits per heavy atom. The zero-order chi connectivity index (χ0) is 16.7. The van der Waals surface area contributed by atoms with Gasteiger partial charge in [0.15, 0.2) is 0 Å². The number of rotatable bonds is 8. The van der Waals surface area contributed by atoms with Gasteiger partial charge in [0.2, 0.25) is 11.8 Å². The number of aromatic nitrogens is 1. The van der Waals surface area contributed by atoms with Crippen molar-refractivity contribution >= 4 is 11.8 Å². The second kappa shape index (κ2) is 8.48. The predicted octanol–water partition coefficient (Wildman–Crippen LogP) is 3.26. The highest BCUT2D eigenvalue weighted by atomic mass is 16.5. The van der Waals surface area contributed by atoms with E-state index < -0.39 is 0 Å². The van der Waals surface area contributed by atoms with Crippen LogP contribution < -0.4 is 5.32 Å². The van der Waals surface area contributed by atoms with Gasteiger partial charge in [0, 0.05) is 6.07 Å². The number of anilines is 1. The van der Waals surface area contributed by atoms with Crippen molar-refractivity contribution < 1.29 is 9.32 Å². The molecule has 5 heteroatoms. The summed E-state index contributed by atoms with van der Waals surface area (Å²) in [6.07, 6.45) is 3.25. The van der Waals surface area contributed by atoms with Crippen molar-refractivity contribution in [3.05, 3.63) is 47.7 Å². The highest BCUT2D eigenvalue weighted by Crippen LogP contribution is 2.11. The normalized spacial score (nSPS) is 12.3. The van der Waals surface area contributed by atoms with Crippen molar-refractivity contribution in [3.63, 3.8) is 0 Å². The maximum absolute atomic E-state index is 12.2. The average Bonchev–Trinajstić information content (AvgIpc) is 2.96. The molecular weight excluding hydrogens is 290 g/mol. The SMILES string of the molecule is Cc1cc(NC(=O)C(C)N(C)CCCCc2ccccc2)on1. The van der Waals surface area contributed by atoms with E-state index >= 15 is 0 Å². The molecule has 0 saturated heterocycles. The highest BCUT2D eigenvalue weighted by Gasteiger charge is 2.19. The van der Waals surface area contributed by atoms with Gasteiger partial charge in [-0.1, -0.05) is 35.5 Å². The number of likely N-dealkylation sites (N-methyl/N-ethyl adjacent to an activating group) is 1. The monoisotopic (exact) mass is 315 g/mol. The first-order valence-corrected chi connectivity index (χ1v) is 8.04. The molecular formula is C18H25N3O2. The molecule has 0 aliphatic carbocycles. The summed E-state index contributed by atoms with van der Waals surface area (Å²) in [6.45, 7) is 4.61. The summed E-state index contributed by atoms with van der Waals surface area (Å²) >= 11 is 0. The third kappa shape index (κ3) is 5.53. The molecule has 5 nitrogen and oxygen atoms in total. The summed E-state index contributed by atoms with van der Waals surface area (Å²) < 4.78 is 5.01. The van der Waals surface area contributed by atoms with Crippen molar-refractivity contribution in [2.75, 3.05) is 18.9 Å². The van der Waals surface area contributed by atoms with Crippen LogP contribution in [0.25, 0.3) is 0 Å². The third-order valence-electron chi connectivity index (χ3n) is 3.98. The number of hydrogen-bond donors (Lipinski definition) is 1. The maximum Gasteiger partial charge on any atom is 0.243 e. The van der Waals surface area contributed by atoms with E-state index in [0.29, 0.717) is 5.88 Å². The van der Waals surface area contributed by atoms with Crippen LogP contribution in [0.4, 0.5) is 5.88 Å². The Balaban J connectivity index is 1.69. The van der Waals surface area contributed by atoms with Crippen LogP contribution >= 0.6 is 0 Å². The number of amides is 1. The standard InChI is InChI=1S/C18H25N3O2/c1-14-13-17(23-20-14)19-18(22)15(2)21(3)12-8-7-11-16-9-5-4-6-10-16/h4-6,9-10,13,15H,7-8,11-12H2,1-3H3,(H,19,22). The predicted molar refractivity (Wildman–Crippen MR) is 91.3 cm³/mol. The number of benzene rings is 1. The van der Waals surface area contributed by atoms with Crippen LogP contribution in [0.1, 0.15) is 31.0 Å². The number of hydrogen-bond acceptors (Lipinski definition) is 4. The number of unbranched alkanes of at least 4 members (excludes halogenated alkanes) is 1. The van der Waals surface area contributed by atoms with Gasteiger partial charge in [0.05, 0.1) is 11.7 Å². The molecule has 0 radical (unpaired) electrons. The van der Waals surface area contributed by atoms with Crippen molar-refractivity contribution in [2.24, 2.45) is 0 Å². The Morgan fingerprint density at radius 3 is 2.70 bits per heavy atom. The van der Waals surface area contributed by atoms with Crippen LogP contribution in [-0.4, -0.2) is 35.6 Å². The molecule has 1 aromatic carbocycles. The fraction of sp³-hybridized carbons (Fsp3) is 0.444. The Kier molecular flexibility index (Phi) is 6.35. The van der Waals surface area contributed by atoms with Gasteiger partial charge in [-0.2, -0.15) is 0 Å². The molecule has 1 aromatic heterocycles. The van der Waals surface area contributed by atoms with Crippen LogP contribution in [0.3, 0.4) is 0 Å². The smallest absolute Gasteiger partial charge is 0.243 e. The Bertz CT molecular complexity index is 610. The highest BCUT2D eigenvalue weighted by molar-refractivity contribution is 5.93. The number of nitrogens with zero attached hydrogens (tertiary/aromatic N) is 2. The largest absolute Gasteiger partial charge is 0.338 e. The number of carbonyl (C=O) groups is 1. The summed E-state index contributed by atoms with van der Waals surface area (Å²) in [7, 11) is 1.97. The van der Waals surface area contributed by atoms with Crippen LogP contribution in [-0.2, 0) is 11.2 Å². The van der Waals surface area contributed by atoms with Gasteiger partial charge in [-0.15, -0.1) is 0 Å². The third-order valence-corrected chi connectivity index (χ3v) is 3.98. The topological polar surface area (TPSA) is 58.4 Å². The second-order valence-electron chi connectivity index (χ2n) is 5.92. The van der Waals surface area contributed by atoms with Gasteiger partial charge in [-0.25, -0.2) is 0 Å². The molecule has 124 valence electrons. The van der Waals surface area contributed by atoms with Crippen molar-refractivity contribution in [1.82, 2.24) is 10.1 Å². The van der Waals surface area contributed by atoms with Gasteiger partial charge in [0.25, 0.3) is 0 Å². The Hall–Kier alpha value is -2.14. The summed E-state index contributed by atoms with van der Waals surface area (Å²) in [5.41, 5.74) is 2.11. The first-order chi connectivity index (χ1) is 11.1. The number of carbonyl (C=O) groups excluding carboxylic acids is 1. The van der Waals surface area contributed by atoms with Gasteiger partial charge in [0.1, 0.15) is 0 Å². The molecule has 0 aliphatic heterocycles. The van der Waals surface area contributed by atoms with E-state index in [1.807, 2.05) is 27.0 Å². The molecule has 0 fully saturated rings. The molecule has 23 heavy (non-hydrogen) atoms. The van der Waals surface area contributed by atoms with Gasteiger partial charge in [-0.3, -0.25) is 15.0 Å². The van der Waals surface area contributed by atoms with Crippen LogP contribution in [0.2, 0.25) is 0 Å². The van der Waals surface area contributed by atoms with Gasteiger partial charge in [-0.05, 0) is 52.3 Å². The number of nitrogens with one attached hydrogen (secondary N) is 1. The average molecular weight is 315 g/mol. The lowest BCUT2D eigenvalue weighted by atomic mass is 10.1. The molecule has 0 spiro atoms. The van der Waals surface area contributed by atoms with E-state index in [2.05, 4.69) is 39.6 Å². The second-order valence-corrected chi connectivity index (χ2v) is 5.92. The van der Waals surface area contributed by atoms with Gasteiger partial charge < -0.3 is 4.52 Å². The lowest BCUT2D eigenvalue weighted by Gasteiger charge is -2.23. The van der Waals surface area contributed by atoms with Crippen molar-refractivity contribution in [2.45, 2.75) is 39.2 Å². The summed E-state index contributed by atoms with van der Waals surface area (Å²) in [6, 6.07) is 12.0. The molecule has 1 atom stereocenters. The minimum absolute atomic E-state index is 0.0771. The molecule has 1 N–H and O–H groups in total. The summed E-state index contributed by atoms with van der Waals surface area (Å²) in [4.78, 5) is 14.2. The first-order valence-electron chi connectivity index (χ1n) is 8.04. The van der Waals surface area contributed by atoms with Crippen LogP contribution in [0.5, 0.6) is 0 Å². The van der Waals surface area contributed by atoms with E-state index in [0.717, 1.165) is 31.5 Å². The molecule has 1 heterocycles. The lowest BCUT2D eigenvalue weighted by molar-refractivity contribution is -0.120. The molecule has 1 amide bonds. The zero-order valence-corrected chi connectivity index (χ0v) is 14.1. The van der Waals surface area contributed by atoms with Crippen molar-refractivity contribution in [1.29, 1.82) is 0 Å². The van der Waals surface area contributed by atoms with E-state index in [1.54, 1.807) is 6.07 Å². The molecule has 0 bridgehead atoms. The molecule has 1 unspecified atom stereocenters. The van der Waals surface area contributed by atoms with E-state index in [1.165, 1.54) is 5.56 Å². The first kappa shape index (κ1) is 17.2. The van der Waals surface area contributed by atoms with E-state index in [9.17, 15) is 4.79 Å². The summed E-state index contributed by atoms with van der Waals surface area (Å²) in [5.74, 6) is 0.323. The molecule has 0 aliphatic rings. The minimum atomic E-state index is -0.211. The van der Waals surface area contributed by atoms with E-state index in [-0.39, 0.29) is 11.9 Å². The molecule has 2 aromatic rings. The fourth-order valence-electron chi connectivity index (χ4n) is 2.38. The quantitative estimate of drug-likeness (QED) is 0.760. The van der Waals surface area contributed by atoms with Gasteiger partial charge >= 0.3 is 0 Å². The van der Waals surface area contributed by atoms with Crippen LogP contribution in [0, 0.1) is 6.92 Å². The van der Waals surface area contributed by atoms with Crippen molar-refractivity contribution in [3.8, 4) is 0 Å². The van der Waals surface area contributed by atoms with E-state index in [4.69, 9.17) is 4.52 Å². The maximum atomic E-state index is 12.2. The molecule has 2 rings (SSSR count).